The molecule has 0 bridgehead atoms. The number of alkyl halides is 3. The van der Waals surface area contributed by atoms with Gasteiger partial charge in [-0.2, -0.15) is 13.2 Å². The van der Waals surface area contributed by atoms with E-state index >= 15 is 0 Å². The predicted molar refractivity (Wildman–Crippen MR) is 100 cm³/mol. The number of anilines is 2. The molecule has 0 aromatic heterocycles. The second kappa shape index (κ2) is 9.25. The molecule has 0 heterocycles. The summed E-state index contributed by atoms with van der Waals surface area (Å²) in [5.41, 5.74) is -0.659. The Labute approximate surface area is 161 Å². The maximum atomic E-state index is 13.0. The molecule has 0 radical (unpaired) electrons. The first-order valence-electron chi connectivity index (χ1n) is 8.69. The molecule has 0 spiro atoms. The van der Waals surface area contributed by atoms with Gasteiger partial charge in [-0.1, -0.05) is 12.1 Å². The highest BCUT2D eigenvalue weighted by Crippen LogP contribution is 2.34. The summed E-state index contributed by atoms with van der Waals surface area (Å²) in [5, 5.41) is 2.27. The van der Waals surface area contributed by atoms with Crippen molar-refractivity contribution < 1.29 is 27.5 Å². The lowest BCUT2D eigenvalue weighted by atomic mass is 10.1. The third-order valence-corrected chi connectivity index (χ3v) is 3.91. The van der Waals surface area contributed by atoms with Gasteiger partial charge in [0, 0.05) is 25.6 Å². The minimum absolute atomic E-state index is 0.0311. The minimum atomic E-state index is -4.57. The predicted octanol–water partition coefficient (Wildman–Crippen LogP) is 4.49. The monoisotopic (exact) mass is 394 g/mol. The molecule has 0 aliphatic carbocycles. The number of nitrogens with zero attached hydrogens (tertiary/aromatic N) is 1. The van der Waals surface area contributed by atoms with Crippen LogP contribution < -0.4 is 15.0 Å². The molecule has 150 valence electrons. The Kier molecular flexibility index (Phi) is 7.03. The molecule has 0 aliphatic rings. The molecule has 2 rings (SSSR count). The third-order valence-electron chi connectivity index (χ3n) is 3.91. The molecule has 2 amide bonds. The summed E-state index contributed by atoms with van der Waals surface area (Å²) >= 11 is 0. The van der Waals surface area contributed by atoms with E-state index in [0.717, 1.165) is 6.07 Å². The first-order chi connectivity index (χ1) is 13.2. The van der Waals surface area contributed by atoms with Gasteiger partial charge >= 0.3 is 6.18 Å². The molecule has 28 heavy (non-hydrogen) atoms. The number of halogens is 3. The van der Waals surface area contributed by atoms with E-state index in [0.29, 0.717) is 18.0 Å². The van der Waals surface area contributed by atoms with Crippen molar-refractivity contribution in [2.75, 3.05) is 23.4 Å². The molecule has 5 nitrogen and oxygen atoms in total. The molecule has 0 atom stereocenters. The van der Waals surface area contributed by atoms with Gasteiger partial charge < -0.3 is 15.0 Å². The summed E-state index contributed by atoms with van der Waals surface area (Å²) < 4.78 is 44.4. The van der Waals surface area contributed by atoms with Crippen LogP contribution in [0.4, 0.5) is 24.5 Å². The number of hydrogen-bond donors (Lipinski definition) is 1. The SMILES string of the molecule is CCOc1ccc(N(CCC(=O)Nc2ccccc2C(F)(F)F)C(C)=O)cc1. The molecular formula is C20H21F3N2O3. The van der Waals surface area contributed by atoms with Crippen LogP contribution in [0, 0.1) is 0 Å². The van der Waals surface area contributed by atoms with Crippen LogP contribution >= 0.6 is 0 Å². The summed E-state index contributed by atoms with van der Waals surface area (Å²) in [6.07, 6.45) is -4.73. The number of carbonyl (C=O) groups is 2. The van der Waals surface area contributed by atoms with Crippen LogP contribution in [0.5, 0.6) is 5.75 Å². The van der Waals surface area contributed by atoms with E-state index in [-0.39, 0.29) is 24.6 Å². The fourth-order valence-corrected chi connectivity index (χ4v) is 2.62. The van der Waals surface area contributed by atoms with Gasteiger partial charge in [0.25, 0.3) is 0 Å². The van der Waals surface area contributed by atoms with Gasteiger partial charge in [0.15, 0.2) is 0 Å². The Morgan fingerprint density at radius 1 is 1.07 bits per heavy atom. The average molecular weight is 394 g/mol. The van der Waals surface area contributed by atoms with E-state index in [9.17, 15) is 22.8 Å². The van der Waals surface area contributed by atoms with Crippen molar-refractivity contribution in [3.63, 3.8) is 0 Å². The normalized spacial score (nSPS) is 11.0. The molecule has 8 heteroatoms. The standard InChI is InChI=1S/C20H21F3N2O3/c1-3-28-16-10-8-15(9-11-16)25(14(2)26)13-12-19(27)24-18-7-5-4-6-17(18)20(21,22)23/h4-11H,3,12-13H2,1-2H3,(H,24,27). The third kappa shape index (κ3) is 5.73. The second-order valence-corrected chi connectivity index (χ2v) is 5.94. The number of carbonyl (C=O) groups excluding carboxylic acids is 2. The molecule has 0 fully saturated rings. The summed E-state index contributed by atoms with van der Waals surface area (Å²) in [5.74, 6) is -0.252. The highest BCUT2D eigenvalue weighted by Gasteiger charge is 2.33. The van der Waals surface area contributed by atoms with E-state index in [1.165, 1.54) is 30.0 Å². The number of amides is 2. The second-order valence-electron chi connectivity index (χ2n) is 5.94. The van der Waals surface area contributed by atoms with E-state index in [4.69, 9.17) is 4.74 Å². The molecule has 0 unspecified atom stereocenters. The van der Waals surface area contributed by atoms with E-state index in [1.54, 1.807) is 24.3 Å². The molecule has 2 aromatic carbocycles. The molecule has 2 aromatic rings. The van der Waals surface area contributed by atoms with Crippen molar-refractivity contribution in [3.8, 4) is 5.75 Å². The topological polar surface area (TPSA) is 58.6 Å². The van der Waals surface area contributed by atoms with Crippen molar-refractivity contribution in [1.82, 2.24) is 0 Å². The van der Waals surface area contributed by atoms with Gasteiger partial charge in [-0.05, 0) is 43.3 Å². The van der Waals surface area contributed by atoms with Crippen LogP contribution in [-0.4, -0.2) is 25.0 Å². The lowest BCUT2D eigenvalue weighted by molar-refractivity contribution is -0.137. The van der Waals surface area contributed by atoms with Crippen molar-refractivity contribution in [3.05, 3.63) is 54.1 Å². The van der Waals surface area contributed by atoms with Crippen molar-refractivity contribution in [2.24, 2.45) is 0 Å². The van der Waals surface area contributed by atoms with E-state index < -0.39 is 17.6 Å². The molecule has 0 aliphatic heterocycles. The first kappa shape index (κ1) is 21.3. The molecule has 0 saturated carbocycles. The zero-order valence-electron chi connectivity index (χ0n) is 15.5. The highest BCUT2D eigenvalue weighted by molar-refractivity contribution is 5.95. The fourth-order valence-electron chi connectivity index (χ4n) is 2.62. The van der Waals surface area contributed by atoms with Gasteiger partial charge in [-0.15, -0.1) is 0 Å². The Morgan fingerprint density at radius 3 is 2.29 bits per heavy atom. The van der Waals surface area contributed by atoms with Gasteiger partial charge in [-0.3, -0.25) is 9.59 Å². The Balaban J connectivity index is 2.04. The van der Waals surface area contributed by atoms with Crippen LogP contribution in [0.15, 0.2) is 48.5 Å². The van der Waals surface area contributed by atoms with E-state index in [2.05, 4.69) is 5.32 Å². The number of nitrogens with one attached hydrogen (secondary N) is 1. The van der Waals surface area contributed by atoms with Crippen LogP contribution in [0.2, 0.25) is 0 Å². The van der Waals surface area contributed by atoms with Crippen LogP contribution in [0.1, 0.15) is 25.8 Å². The molecule has 0 saturated heterocycles. The largest absolute Gasteiger partial charge is 0.494 e. The smallest absolute Gasteiger partial charge is 0.418 e. The summed E-state index contributed by atoms with van der Waals surface area (Å²) in [7, 11) is 0. The number of rotatable bonds is 7. The van der Waals surface area contributed by atoms with Crippen LogP contribution in [-0.2, 0) is 15.8 Å². The number of hydrogen-bond acceptors (Lipinski definition) is 3. The Morgan fingerprint density at radius 2 is 1.71 bits per heavy atom. The number of benzene rings is 2. The summed E-state index contributed by atoms with van der Waals surface area (Å²) in [6, 6.07) is 11.5. The first-order valence-corrected chi connectivity index (χ1v) is 8.69. The maximum absolute atomic E-state index is 13.0. The molecule has 1 N–H and O–H groups in total. The highest BCUT2D eigenvalue weighted by atomic mass is 19.4. The lowest BCUT2D eigenvalue weighted by Gasteiger charge is -2.21. The quantitative estimate of drug-likeness (QED) is 0.753. The number of para-hydroxylation sites is 1. The van der Waals surface area contributed by atoms with Gasteiger partial charge in [0.1, 0.15) is 5.75 Å². The van der Waals surface area contributed by atoms with Crippen LogP contribution in [0.3, 0.4) is 0 Å². The van der Waals surface area contributed by atoms with Crippen molar-refractivity contribution in [2.45, 2.75) is 26.4 Å². The summed E-state index contributed by atoms with van der Waals surface area (Å²) in [6.45, 7) is 3.75. The molecular weight excluding hydrogens is 373 g/mol. The van der Waals surface area contributed by atoms with Crippen molar-refractivity contribution >= 4 is 23.2 Å². The van der Waals surface area contributed by atoms with Crippen LogP contribution in [0.25, 0.3) is 0 Å². The maximum Gasteiger partial charge on any atom is 0.418 e. The summed E-state index contributed by atoms with van der Waals surface area (Å²) in [4.78, 5) is 25.5. The lowest BCUT2D eigenvalue weighted by Crippen LogP contribution is -2.32. The van der Waals surface area contributed by atoms with Gasteiger partial charge in [0.05, 0.1) is 17.9 Å². The Hall–Kier alpha value is -3.03. The zero-order valence-corrected chi connectivity index (χ0v) is 15.5. The van der Waals surface area contributed by atoms with E-state index in [1.807, 2.05) is 6.92 Å². The van der Waals surface area contributed by atoms with Crippen molar-refractivity contribution in [1.29, 1.82) is 0 Å². The van der Waals surface area contributed by atoms with Gasteiger partial charge in [-0.25, -0.2) is 0 Å². The Bertz CT molecular complexity index is 820. The average Bonchev–Trinajstić information content (AvgIpc) is 2.63. The fraction of sp³-hybridized carbons (Fsp3) is 0.300. The zero-order chi connectivity index (χ0) is 20.7. The van der Waals surface area contributed by atoms with Gasteiger partial charge in [0.2, 0.25) is 11.8 Å². The number of ether oxygens (including phenoxy) is 1. The minimum Gasteiger partial charge on any atom is -0.494 e.